The third kappa shape index (κ3) is 2.46. The topological polar surface area (TPSA) is 26.3 Å². The van der Waals surface area contributed by atoms with E-state index in [0.717, 1.165) is 6.04 Å². The van der Waals surface area contributed by atoms with Crippen LogP contribution in [0.2, 0.25) is 19.1 Å². The third-order valence-corrected chi connectivity index (χ3v) is 8.84. The highest BCUT2D eigenvalue weighted by Gasteiger charge is 2.56. The van der Waals surface area contributed by atoms with Gasteiger partial charge in [-0.15, -0.1) is 0 Å². The molecule has 118 valence electrons. The highest BCUT2D eigenvalue weighted by molar-refractivity contribution is 6.71. The number of carbonyl (C=O) groups is 1. The first kappa shape index (κ1) is 15.5. The van der Waals surface area contributed by atoms with Gasteiger partial charge in [0.15, 0.2) is 14.1 Å². The lowest BCUT2D eigenvalue weighted by atomic mass is 9.48. The molecule has 1 aliphatic heterocycles. The molecule has 4 atom stereocenters. The predicted molar refractivity (Wildman–Crippen MR) is 88.6 cm³/mol. The van der Waals surface area contributed by atoms with Crippen molar-refractivity contribution < 1.29 is 9.22 Å². The summed E-state index contributed by atoms with van der Waals surface area (Å²) in [7, 11) is -1.69. The molecule has 3 heteroatoms. The Hall–Kier alpha value is -0.413. The van der Waals surface area contributed by atoms with Gasteiger partial charge in [0.25, 0.3) is 0 Å². The van der Waals surface area contributed by atoms with Gasteiger partial charge in [0.1, 0.15) is 0 Å². The van der Waals surface area contributed by atoms with Crippen molar-refractivity contribution in [1.29, 1.82) is 0 Å². The second kappa shape index (κ2) is 4.79. The number of ketones is 1. The van der Waals surface area contributed by atoms with Crippen molar-refractivity contribution in [1.82, 2.24) is 0 Å². The average molecular weight is 307 g/mol. The van der Waals surface area contributed by atoms with Gasteiger partial charge >= 0.3 is 0 Å². The van der Waals surface area contributed by atoms with Gasteiger partial charge in [-0.1, -0.05) is 39.3 Å². The third-order valence-electron chi connectivity index (χ3n) is 6.46. The van der Waals surface area contributed by atoms with E-state index in [9.17, 15) is 4.79 Å². The van der Waals surface area contributed by atoms with Crippen molar-refractivity contribution in [2.75, 3.05) is 6.61 Å². The minimum absolute atomic E-state index is 0.135. The van der Waals surface area contributed by atoms with E-state index in [1.165, 1.54) is 19.3 Å². The lowest BCUT2D eigenvalue weighted by Crippen LogP contribution is -2.52. The van der Waals surface area contributed by atoms with Crippen molar-refractivity contribution in [3.8, 4) is 0 Å². The molecule has 3 aliphatic rings. The van der Waals surface area contributed by atoms with Crippen LogP contribution in [0, 0.1) is 28.6 Å². The van der Waals surface area contributed by atoms with Crippen LogP contribution in [0.25, 0.3) is 0 Å². The fourth-order valence-electron chi connectivity index (χ4n) is 5.59. The molecule has 0 amide bonds. The molecule has 0 radical (unpaired) electrons. The number of fused-ring (bicyclic) bond motifs is 3. The molecule has 1 heterocycles. The van der Waals surface area contributed by atoms with Crippen LogP contribution < -0.4 is 0 Å². The standard InChI is InChI=1S/C18H30O2Si/c1-17(2)9-6-10-18(3)15(17)8-7-13-12-21(4,5)20-11-14(19)16(13)18/h7-8,13,15-16H,6,9-12H2,1-5H3/t13-,15+,16-,18+/m1/s1. The van der Waals surface area contributed by atoms with Gasteiger partial charge in [-0.2, -0.15) is 0 Å². The van der Waals surface area contributed by atoms with Crippen molar-refractivity contribution in [3.05, 3.63) is 12.2 Å². The van der Waals surface area contributed by atoms with E-state index in [-0.39, 0.29) is 11.3 Å². The zero-order valence-corrected chi connectivity index (χ0v) is 15.2. The zero-order chi connectivity index (χ0) is 15.5. The van der Waals surface area contributed by atoms with Crippen LogP contribution in [0.3, 0.4) is 0 Å². The Balaban J connectivity index is 2.04. The lowest BCUT2D eigenvalue weighted by Gasteiger charge is -2.56. The van der Waals surface area contributed by atoms with Gasteiger partial charge in [0.05, 0.1) is 6.61 Å². The summed E-state index contributed by atoms with van der Waals surface area (Å²) in [5.41, 5.74) is 0.450. The summed E-state index contributed by atoms with van der Waals surface area (Å²) in [4.78, 5) is 12.9. The summed E-state index contributed by atoms with van der Waals surface area (Å²) >= 11 is 0. The molecule has 3 rings (SSSR count). The Morgan fingerprint density at radius 3 is 2.62 bits per heavy atom. The Kier molecular flexibility index (Phi) is 3.53. The monoisotopic (exact) mass is 306 g/mol. The summed E-state index contributed by atoms with van der Waals surface area (Å²) in [5.74, 6) is 1.50. The molecule has 2 fully saturated rings. The van der Waals surface area contributed by atoms with Gasteiger partial charge < -0.3 is 4.43 Å². The Bertz CT molecular complexity index is 480. The van der Waals surface area contributed by atoms with Crippen LogP contribution in [0.1, 0.15) is 40.0 Å². The number of hydrogen-bond donors (Lipinski definition) is 0. The average Bonchev–Trinajstić information content (AvgIpc) is 2.45. The maximum atomic E-state index is 12.9. The van der Waals surface area contributed by atoms with Crippen molar-refractivity contribution in [3.63, 3.8) is 0 Å². The summed E-state index contributed by atoms with van der Waals surface area (Å²) < 4.78 is 6.03. The minimum Gasteiger partial charge on any atom is -0.410 e. The number of rotatable bonds is 0. The Morgan fingerprint density at radius 1 is 1.19 bits per heavy atom. The summed E-state index contributed by atoms with van der Waals surface area (Å²) in [6.07, 6.45) is 8.57. The Morgan fingerprint density at radius 2 is 1.90 bits per heavy atom. The summed E-state index contributed by atoms with van der Waals surface area (Å²) in [5, 5.41) is 0. The molecule has 1 saturated heterocycles. The smallest absolute Gasteiger partial charge is 0.188 e. The molecule has 0 unspecified atom stereocenters. The molecule has 1 saturated carbocycles. The summed E-state index contributed by atoms with van der Waals surface area (Å²) in [6, 6.07) is 1.10. The maximum absolute atomic E-state index is 12.9. The molecule has 2 nitrogen and oxygen atoms in total. The second-order valence-electron chi connectivity index (χ2n) is 9.07. The van der Waals surface area contributed by atoms with Crippen LogP contribution in [0.5, 0.6) is 0 Å². The van der Waals surface area contributed by atoms with Gasteiger partial charge in [-0.3, -0.25) is 4.79 Å². The highest BCUT2D eigenvalue weighted by atomic mass is 28.4. The van der Waals surface area contributed by atoms with Gasteiger partial charge in [0, 0.05) is 5.92 Å². The molecule has 0 bridgehead atoms. The van der Waals surface area contributed by atoms with Crippen molar-refractivity contribution >= 4 is 14.1 Å². The van der Waals surface area contributed by atoms with Gasteiger partial charge in [-0.05, 0) is 54.6 Å². The normalized spacial score (nSPS) is 44.6. The first-order valence-corrected chi connectivity index (χ1v) is 11.6. The molecular formula is C18H30O2Si. The number of Topliss-reactive ketones (excluding diaryl/α,β-unsaturated/α-hetero) is 1. The predicted octanol–water partition coefficient (Wildman–Crippen LogP) is 4.43. The molecule has 0 aromatic rings. The molecular weight excluding hydrogens is 276 g/mol. The minimum atomic E-state index is -1.69. The van der Waals surface area contributed by atoms with Crippen LogP contribution >= 0.6 is 0 Å². The molecule has 0 spiro atoms. The van der Waals surface area contributed by atoms with Crippen LogP contribution in [0.4, 0.5) is 0 Å². The first-order valence-electron chi connectivity index (χ1n) is 8.51. The highest BCUT2D eigenvalue weighted by Crippen LogP contribution is 2.60. The molecule has 2 aliphatic carbocycles. The largest absolute Gasteiger partial charge is 0.410 e. The molecule has 0 aromatic heterocycles. The van der Waals surface area contributed by atoms with Crippen LogP contribution in [-0.4, -0.2) is 20.7 Å². The van der Waals surface area contributed by atoms with E-state index < -0.39 is 8.32 Å². The maximum Gasteiger partial charge on any atom is 0.188 e. The number of allylic oxidation sites excluding steroid dienone is 2. The van der Waals surface area contributed by atoms with E-state index in [1.54, 1.807) is 0 Å². The van der Waals surface area contributed by atoms with Crippen molar-refractivity contribution in [2.24, 2.45) is 28.6 Å². The van der Waals surface area contributed by atoms with E-state index in [1.807, 2.05) is 0 Å². The van der Waals surface area contributed by atoms with Crippen LogP contribution in [-0.2, 0) is 9.22 Å². The van der Waals surface area contributed by atoms with E-state index in [4.69, 9.17) is 4.43 Å². The number of carbonyl (C=O) groups excluding carboxylic acids is 1. The second-order valence-corrected chi connectivity index (χ2v) is 13.3. The van der Waals surface area contributed by atoms with E-state index in [2.05, 4.69) is 46.0 Å². The van der Waals surface area contributed by atoms with Crippen molar-refractivity contribution in [2.45, 2.75) is 59.2 Å². The van der Waals surface area contributed by atoms with Gasteiger partial charge in [-0.25, -0.2) is 0 Å². The number of hydrogen-bond acceptors (Lipinski definition) is 2. The zero-order valence-electron chi connectivity index (χ0n) is 14.2. The van der Waals surface area contributed by atoms with E-state index in [0.29, 0.717) is 29.6 Å². The SMILES string of the molecule is CC1(C)CCC[C@]2(C)[C@H]3C(=O)CO[Si](C)(C)C[C@H]3C=C[C@@H]12. The fourth-order valence-corrected chi connectivity index (χ4v) is 7.74. The molecule has 0 aromatic carbocycles. The van der Waals surface area contributed by atoms with Crippen LogP contribution in [0.15, 0.2) is 12.2 Å². The summed E-state index contributed by atoms with van der Waals surface area (Å²) in [6.45, 7) is 12.0. The molecule has 21 heavy (non-hydrogen) atoms. The van der Waals surface area contributed by atoms with E-state index >= 15 is 0 Å². The Labute approximate surface area is 130 Å². The lowest BCUT2D eigenvalue weighted by molar-refractivity contribution is -0.136. The first-order chi connectivity index (χ1) is 9.66. The van der Waals surface area contributed by atoms with Gasteiger partial charge in [0.2, 0.25) is 0 Å². The molecule has 0 N–H and O–H groups in total. The fraction of sp³-hybridized carbons (Fsp3) is 0.833. The quantitative estimate of drug-likeness (QED) is 0.489.